The second-order valence-electron chi connectivity index (χ2n) is 3.42. The second-order valence-corrected chi connectivity index (χ2v) is 5.19. The molecule has 0 spiro atoms. The van der Waals surface area contributed by atoms with Gasteiger partial charge in [-0.1, -0.05) is 13.3 Å². The van der Waals surface area contributed by atoms with Crippen LogP contribution in [0.25, 0.3) is 0 Å². The molecule has 0 fully saturated rings. The first-order valence-electron chi connectivity index (χ1n) is 5.16. The maximum Gasteiger partial charge on any atom is 0.240 e. The fourth-order valence-corrected chi connectivity index (χ4v) is 2.27. The van der Waals surface area contributed by atoms with Crippen LogP contribution >= 0.6 is 0 Å². The molecule has 0 aromatic heterocycles. The number of sulfonamides is 1. The van der Waals surface area contributed by atoms with E-state index in [1.54, 1.807) is 12.1 Å². The third-order valence-electron chi connectivity index (χ3n) is 2.15. The van der Waals surface area contributed by atoms with Crippen molar-refractivity contribution in [1.29, 1.82) is 0 Å². The summed E-state index contributed by atoms with van der Waals surface area (Å²) in [5.74, 6) is 5.19. The van der Waals surface area contributed by atoms with E-state index >= 15 is 0 Å². The van der Waals surface area contributed by atoms with E-state index in [-0.39, 0.29) is 4.90 Å². The molecule has 0 saturated heterocycles. The zero-order valence-corrected chi connectivity index (χ0v) is 10.0. The fourth-order valence-electron chi connectivity index (χ4n) is 1.20. The first-order valence-corrected chi connectivity index (χ1v) is 6.65. The lowest BCUT2D eigenvalue weighted by Gasteiger charge is -2.06. The molecule has 0 unspecified atom stereocenters. The van der Waals surface area contributed by atoms with Gasteiger partial charge in [0.1, 0.15) is 0 Å². The van der Waals surface area contributed by atoms with Crippen LogP contribution in [-0.4, -0.2) is 15.0 Å². The van der Waals surface area contributed by atoms with Crippen molar-refractivity contribution in [2.24, 2.45) is 5.84 Å². The Labute approximate surface area is 96.1 Å². The second kappa shape index (κ2) is 5.83. The number of nitrogen functional groups attached to an aromatic ring is 1. The van der Waals surface area contributed by atoms with Crippen LogP contribution in [0, 0.1) is 0 Å². The average Bonchev–Trinajstić information content (AvgIpc) is 2.29. The van der Waals surface area contributed by atoms with Gasteiger partial charge in [0.15, 0.2) is 0 Å². The van der Waals surface area contributed by atoms with Crippen LogP contribution in [0.5, 0.6) is 0 Å². The molecule has 0 aliphatic heterocycles. The molecule has 0 heterocycles. The number of hydrogen-bond donors (Lipinski definition) is 3. The Kier molecular flexibility index (Phi) is 4.72. The Bertz CT molecular complexity index is 414. The van der Waals surface area contributed by atoms with E-state index in [2.05, 4.69) is 10.1 Å². The highest BCUT2D eigenvalue weighted by molar-refractivity contribution is 7.89. The van der Waals surface area contributed by atoms with Gasteiger partial charge in [-0.3, -0.25) is 5.84 Å². The number of hydrazine groups is 1. The number of benzene rings is 1. The SMILES string of the molecule is CCCCNS(=O)(=O)c1ccc(NN)cc1. The molecule has 0 amide bonds. The quantitative estimate of drug-likeness (QED) is 0.396. The molecule has 0 radical (unpaired) electrons. The van der Waals surface area contributed by atoms with Gasteiger partial charge in [0.25, 0.3) is 0 Å². The van der Waals surface area contributed by atoms with E-state index in [0.29, 0.717) is 12.2 Å². The van der Waals surface area contributed by atoms with Crippen LogP contribution in [0.4, 0.5) is 5.69 Å². The number of nitrogens with one attached hydrogen (secondary N) is 2. The van der Waals surface area contributed by atoms with Gasteiger partial charge in [-0.05, 0) is 30.7 Å². The highest BCUT2D eigenvalue weighted by Crippen LogP contribution is 2.12. The van der Waals surface area contributed by atoms with E-state index in [1.165, 1.54) is 12.1 Å². The van der Waals surface area contributed by atoms with Gasteiger partial charge in [0, 0.05) is 12.2 Å². The monoisotopic (exact) mass is 243 g/mol. The van der Waals surface area contributed by atoms with Gasteiger partial charge in [-0.15, -0.1) is 0 Å². The summed E-state index contributed by atoms with van der Waals surface area (Å²) in [6, 6.07) is 6.27. The predicted molar refractivity (Wildman–Crippen MR) is 64.3 cm³/mol. The minimum atomic E-state index is -3.38. The molecule has 5 nitrogen and oxygen atoms in total. The Morgan fingerprint density at radius 3 is 2.38 bits per heavy atom. The molecule has 4 N–H and O–H groups in total. The highest BCUT2D eigenvalue weighted by atomic mass is 32.2. The van der Waals surface area contributed by atoms with Crippen LogP contribution in [-0.2, 0) is 10.0 Å². The van der Waals surface area contributed by atoms with Crippen LogP contribution in [0.2, 0.25) is 0 Å². The lowest BCUT2D eigenvalue weighted by molar-refractivity contribution is 0.578. The van der Waals surface area contributed by atoms with Crippen molar-refractivity contribution in [3.63, 3.8) is 0 Å². The molecule has 90 valence electrons. The van der Waals surface area contributed by atoms with E-state index in [1.807, 2.05) is 6.92 Å². The van der Waals surface area contributed by atoms with E-state index < -0.39 is 10.0 Å². The molecule has 16 heavy (non-hydrogen) atoms. The topological polar surface area (TPSA) is 84.2 Å². The third-order valence-corrected chi connectivity index (χ3v) is 3.63. The van der Waals surface area contributed by atoms with Crippen molar-refractivity contribution in [2.75, 3.05) is 12.0 Å². The molecule has 0 aliphatic carbocycles. The molecular weight excluding hydrogens is 226 g/mol. The Morgan fingerprint density at radius 2 is 1.88 bits per heavy atom. The summed E-state index contributed by atoms with van der Waals surface area (Å²) in [5, 5.41) is 0. The molecule has 0 aliphatic rings. The zero-order valence-electron chi connectivity index (χ0n) is 9.23. The first-order chi connectivity index (χ1) is 7.60. The summed E-state index contributed by atoms with van der Waals surface area (Å²) in [5.41, 5.74) is 3.12. The van der Waals surface area contributed by atoms with E-state index in [9.17, 15) is 8.42 Å². The minimum Gasteiger partial charge on any atom is -0.324 e. The predicted octanol–water partition coefficient (Wildman–Crippen LogP) is 1.05. The van der Waals surface area contributed by atoms with Crippen molar-refractivity contribution in [1.82, 2.24) is 4.72 Å². The smallest absolute Gasteiger partial charge is 0.240 e. The highest BCUT2D eigenvalue weighted by Gasteiger charge is 2.12. The Balaban J connectivity index is 2.74. The van der Waals surface area contributed by atoms with Crippen LogP contribution in [0.15, 0.2) is 29.2 Å². The number of nitrogens with two attached hydrogens (primary N) is 1. The fraction of sp³-hybridized carbons (Fsp3) is 0.400. The van der Waals surface area contributed by atoms with Crippen LogP contribution in [0.3, 0.4) is 0 Å². The van der Waals surface area contributed by atoms with Gasteiger partial charge in [0.05, 0.1) is 4.90 Å². The molecule has 1 aromatic carbocycles. The molecule has 1 aromatic rings. The molecule has 0 saturated carbocycles. The summed E-state index contributed by atoms with van der Waals surface area (Å²) in [6.45, 7) is 2.48. The van der Waals surface area contributed by atoms with Crippen molar-refractivity contribution in [3.05, 3.63) is 24.3 Å². The molecule has 1 rings (SSSR count). The first kappa shape index (κ1) is 13.0. The van der Waals surface area contributed by atoms with Gasteiger partial charge in [0.2, 0.25) is 10.0 Å². The third kappa shape index (κ3) is 3.48. The average molecular weight is 243 g/mol. The number of unbranched alkanes of at least 4 members (excludes halogenated alkanes) is 1. The number of rotatable bonds is 6. The molecule has 6 heteroatoms. The van der Waals surface area contributed by atoms with Crippen molar-refractivity contribution in [2.45, 2.75) is 24.7 Å². The summed E-state index contributed by atoms with van der Waals surface area (Å²) < 4.78 is 26.0. The van der Waals surface area contributed by atoms with Crippen molar-refractivity contribution in [3.8, 4) is 0 Å². The normalized spacial score (nSPS) is 11.4. The summed E-state index contributed by atoms with van der Waals surface area (Å²) in [6.07, 6.45) is 1.79. The van der Waals surface area contributed by atoms with Gasteiger partial charge in [-0.25, -0.2) is 13.1 Å². The summed E-state index contributed by atoms with van der Waals surface area (Å²) in [4.78, 5) is 0.252. The zero-order chi connectivity index (χ0) is 12.0. The lowest BCUT2D eigenvalue weighted by atomic mass is 10.3. The maximum atomic E-state index is 11.7. The lowest BCUT2D eigenvalue weighted by Crippen LogP contribution is -2.24. The van der Waals surface area contributed by atoms with Crippen LogP contribution < -0.4 is 16.0 Å². The van der Waals surface area contributed by atoms with E-state index in [4.69, 9.17) is 5.84 Å². The van der Waals surface area contributed by atoms with Gasteiger partial charge >= 0.3 is 0 Å². The minimum absolute atomic E-state index is 0.252. The van der Waals surface area contributed by atoms with Crippen molar-refractivity contribution >= 4 is 15.7 Å². The summed E-state index contributed by atoms with van der Waals surface area (Å²) >= 11 is 0. The Morgan fingerprint density at radius 1 is 1.25 bits per heavy atom. The van der Waals surface area contributed by atoms with Crippen LogP contribution in [0.1, 0.15) is 19.8 Å². The van der Waals surface area contributed by atoms with Crippen molar-refractivity contribution < 1.29 is 8.42 Å². The van der Waals surface area contributed by atoms with Gasteiger partial charge < -0.3 is 5.43 Å². The molecule has 0 atom stereocenters. The molecular formula is C10H17N3O2S. The summed E-state index contributed by atoms with van der Waals surface area (Å²) in [7, 11) is -3.38. The van der Waals surface area contributed by atoms with Gasteiger partial charge in [-0.2, -0.15) is 0 Å². The standard InChI is InChI=1S/C10H17N3O2S/c1-2-3-8-12-16(14,15)10-6-4-9(13-11)5-7-10/h4-7,12-13H,2-3,8,11H2,1H3. The largest absolute Gasteiger partial charge is 0.324 e. The number of anilines is 1. The number of hydrogen-bond acceptors (Lipinski definition) is 4. The molecule has 0 bridgehead atoms. The van der Waals surface area contributed by atoms with E-state index in [0.717, 1.165) is 12.8 Å². The Hall–Kier alpha value is -1.11. The maximum absolute atomic E-state index is 11.7.